The summed E-state index contributed by atoms with van der Waals surface area (Å²) in [5.74, 6) is 5.83. The molecule has 1 aliphatic rings. The fourth-order valence-corrected chi connectivity index (χ4v) is 1.17. The van der Waals surface area contributed by atoms with Gasteiger partial charge in [-0.3, -0.25) is 0 Å². The summed E-state index contributed by atoms with van der Waals surface area (Å²) in [6.07, 6.45) is 6.09. The van der Waals surface area contributed by atoms with Gasteiger partial charge in [0.15, 0.2) is 0 Å². The second-order valence-corrected chi connectivity index (χ2v) is 4.12. The molecule has 1 heterocycles. The molecule has 0 amide bonds. The van der Waals surface area contributed by atoms with Crippen molar-refractivity contribution in [2.45, 2.75) is 52.1 Å². The van der Waals surface area contributed by atoms with Crippen LogP contribution in [0.25, 0.3) is 0 Å². The van der Waals surface area contributed by atoms with E-state index in [2.05, 4.69) is 16.8 Å². The smallest absolute Gasteiger partial charge is 0.133 e. The van der Waals surface area contributed by atoms with Crippen LogP contribution in [-0.4, -0.2) is 33.0 Å². The van der Waals surface area contributed by atoms with E-state index in [0.717, 1.165) is 12.8 Å². The maximum absolute atomic E-state index is 8.92. The van der Waals surface area contributed by atoms with Gasteiger partial charge in [-0.15, -0.1) is 0 Å². The lowest BCUT2D eigenvalue weighted by Gasteiger charge is -2.17. The Morgan fingerprint density at radius 3 is 2.35 bits per heavy atom. The Labute approximate surface area is 121 Å². The SMILES string of the molecule is CC.OC1CCC1.OCCCC#Cc1ccc(O)cn1. The van der Waals surface area contributed by atoms with Crippen molar-refractivity contribution in [1.82, 2.24) is 4.98 Å². The van der Waals surface area contributed by atoms with Gasteiger partial charge in [-0.2, -0.15) is 0 Å². The molecule has 0 aromatic carbocycles. The van der Waals surface area contributed by atoms with Crippen molar-refractivity contribution >= 4 is 0 Å². The van der Waals surface area contributed by atoms with Gasteiger partial charge in [-0.05, 0) is 43.7 Å². The first-order valence-electron chi connectivity index (χ1n) is 7.15. The summed E-state index contributed by atoms with van der Waals surface area (Å²) in [7, 11) is 0. The summed E-state index contributed by atoms with van der Waals surface area (Å²) < 4.78 is 0. The lowest BCUT2D eigenvalue weighted by atomic mass is 9.97. The van der Waals surface area contributed by atoms with Crippen LogP contribution in [-0.2, 0) is 0 Å². The number of pyridine rings is 1. The third kappa shape index (κ3) is 9.37. The molecule has 2 rings (SSSR count). The molecular weight excluding hydrogens is 254 g/mol. The maximum Gasteiger partial charge on any atom is 0.133 e. The molecule has 3 N–H and O–H groups in total. The summed E-state index contributed by atoms with van der Waals surface area (Å²) in [5, 5.41) is 25.9. The predicted octanol–water partition coefficient (Wildman–Crippen LogP) is 2.47. The molecule has 4 nitrogen and oxygen atoms in total. The van der Waals surface area contributed by atoms with Gasteiger partial charge in [-0.25, -0.2) is 4.98 Å². The van der Waals surface area contributed by atoms with Crippen LogP contribution in [0.15, 0.2) is 18.3 Å². The van der Waals surface area contributed by atoms with Crippen LogP contribution in [0.3, 0.4) is 0 Å². The molecule has 0 radical (unpaired) electrons. The minimum absolute atomic E-state index is 0.0648. The van der Waals surface area contributed by atoms with E-state index in [9.17, 15) is 0 Å². The number of hydrogen-bond donors (Lipinski definition) is 3. The maximum atomic E-state index is 8.92. The normalized spacial score (nSPS) is 12.6. The molecule has 0 unspecified atom stereocenters. The number of unbranched alkanes of at least 4 members (excludes halogenated alkanes) is 1. The fraction of sp³-hybridized carbons (Fsp3) is 0.562. The van der Waals surface area contributed by atoms with Crippen LogP contribution in [0.1, 0.15) is 51.6 Å². The average Bonchev–Trinajstić information content (AvgIpc) is 2.46. The molecule has 0 saturated heterocycles. The Kier molecular flexibility index (Phi) is 11.5. The molecule has 1 aromatic heterocycles. The van der Waals surface area contributed by atoms with E-state index >= 15 is 0 Å². The van der Waals surface area contributed by atoms with Crippen LogP contribution >= 0.6 is 0 Å². The van der Waals surface area contributed by atoms with Crippen molar-refractivity contribution in [2.24, 2.45) is 0 Å². The monoisotopic (exact) mass is 279 g/mol. The van der Waals surface area contributed by atoms with Crippen molar-refractivity contribution in [3.8, 4) is 17.6 Å². The van der Waals surface area contributed by atoms with Crippen LogP contribution < -0.4 is 0 Å². The quantitative estimate of drug-likeness (QED) is 0.574. The van der Waals surface area contributed by atoms with Crippen molar-refractivity contribution in [3.63, 3.8) is 0 Å². The number of nitrogens with zero attached hydrogens (tertiary/aromatic N) is 1. The highest BCUT2D eigenvalue weighted by Gasteiger charge is 2.11. The van der Waals surface area contributed by atoms with Gasteiger partial charge < -0.3 is 15.3 Å². The summed E-state index contributed by atoms with van der Waals surface area (Å²) >= 11 is 0. The fourth-order valence-electron chi connectivity index (χ4n) is 1.17. The van der Waals surface area contributed by atoms with E-state index in [0.29, 0.717) is 18.5 Å². The topological polar surface area (TPSA) is 73.6 Å². The highest BCUT2D eigenvalue weighted by molar-refractivity contribution is 5.30. The van der Waals surface area contributed by atoms with Gasteiger partial charge in [0.05, 0.1) is 12.3 Å². The number of aliphatic hydroxyl groups is 2. The van der Waals surface area contributed by atoms with Gasteiger partial charge in [0.25, 0.3) is 0 Å². The number of aromatic hydroxyl groups is 1. The average molecular weight is 279 g/mol. The number of aliphatic hydroxyl groups excluding tert-OH is 2. The highest BCUT2D eigenvalue weighted by atomic mass is 16.3. The molecule has 0 spiro atoms. The van der Waals surface area contributed by atoms with E-state index in [1.54, 1.807) is 12.1 Å². The molecule has 0 bridgehead atoms. The molecule has 20 heavy (non-hydrogen) atoms. The van der Waals surface area contributed by atoms with E-state index in [-0.39, 0.29) is 18.5 Å². The van der Waals surface area contributed by atoms with Crippen LogP contribution in [0.4, 0.5) is 0 Å². The third-order valence-electron chi connectivity index (χ3n) is 2.50. The Balaban J connectivity index is 0.000000427. The predicted molar refractivity (Wildman–Crippen MR) is 80.3 cm³/mol. The Hall–Kier alpha value is -1.57. The molecule has 0 atom stereocenters. The number of hydrogen-bond acceptors (Lipinski definition) is 4. The van der Waals surface area contributed by atoms with E-state index in [1.807, 2.05) is 13.8 Å². The molecule has 1 aromatic rings. The first-order valence-corrected chi connectivity index (χ1v) is 7.15. The van der Waals surface area contributed by atoms with Gasteiger partial charge in [0.2, 0.25) is 0 Å². The largest absolute Gasteiger partial charge is 0.506 e. The lowest BCUT2D eigenvalue weighted by Crippen LogP contribution is -2.15. The summed E-state index contributed by atoms with van der Waals surface area (Å²) in [6.45, 7) is 4.16. The van der Waals surface area contributed by atoms with Crippen molar-refractivity contribution in [3.05, 3.63) is 24.0 Å². The van der Waals surface area contributed by atoms with Gasteiger partial charge >= 0.3 is 0 Å². The second kappa shape index (κ2) is 12.5. The van der Waals surface area contributed by atoms with E-state index in [4.69, 9.17) is 15.3 Å². The third-order valence-corrected chi connectivity index (χ3v) is 2.50. The molecule has 4 heteroatoms. The first-order chi connectivity index (χ1) is 9.72. The zero-order valence-corrected chi connectivity index (χ0v) is 12.3. The van der Waals surface area contributed by atoms with E-state index < -0.39 is 0 Å². The van der Waals surface area contributed by atoms with Crippen LogP contribution in [0, 0.1) is 11.8 Å². The minimum Gasteiger partial charge on any atom is -0.506 e. The second-order valence-electron chi connectivity index (χ2n) is 4.12. The number of rotatable bonds is 2. The van der Waals surface area contributed by atoms with Gasteiger partial charge in [0.1, 0.15) is 11.4 Å². The van der Waals surface area contributed by atoms with Gasteiger partial charge in [-0.1, -0.05) is 19.8 Å². The lowest BCUT2D eigenvalue weighted by molar-refractivity contribution is 0.0950. The van der Waals surface area contributed by atoms with Crippen molar-refractivity contribution in [2.75, 3.05) is 6.61 Å². The molecule has 1 saturated carbocycles. The molecule has 1 fully saturated rings. The summed E-state index contributed by atoms with van der Waals surface area (Å²) in [5.41, 5.74) is 0.635. The van der Waals surface area contributed by atoms with Gasteiger partial charge in [0, 0.05) is 13.0 Å². The van der Waals surface area contributed by atoms with Crippen LogP contribution in [0.5, 0.6) is 5.75 Å². The van der Waals surface area contributed by atoms with E-state index in [1.165, 1.54) is 12.6 Å². The Morgan fingerprint density at radius 2 is 1.95 bits per heavy atom. The van der Waals surface area contributed by atoms with Crippen LogP contribution in [0.2, 0.25) is 0 Å². The van der Waals surface area contributed by atoms with Crippen molar-refractivity contribution < 1.29 is 15.3 Å². The first kappa shape index (κ1) is 18.4. The molecule has 112 valence electrons. The Bertz CT molecular complexity index is 388. The summed E-state index contributed by atoms with van der Waals surface area (Å²) in [4.78, 5) is 3.89. The molecule has 0 aliphatic heterocycles. The van der Waals surface area contributed by atoms with Crippen molar-refractivity contribution in [1.29, 1.82) is 0 Å². The molecule has 1 aliphatic carbocycles. The summed E-state index contributed by atoms with van der Waals surface area (Å²) in [6, 6.07) is 3.20. The molecular formula is C16H25NO3. The highest BCUT2D eigenvalue weighted by Crippen LogP contribution is 2.16. The number of aromatic nitrogens is 1. The minimum atomic E-state index is 0.0648. The zero-order chi connectivity index (χ0) is 15.2. The Morgan fingerprint density at radius 1 is 1.30 bits per heavy atom. The zero-order valence-electron chi connectivity index (χ0n) is 12.3. The standard InChI is InChI=1S/C10H11NO2.C4H8O.C2H6/c12-7-3-1-2-4-9-5-6-10(13)8-11-9;5-4-2-1-3-4;1-2/h5-6,8,12-13H,1,3,7H2;4-5H,1-3H2;1-2H3.